The minimum atomic E-state index is -0.659. The third-order valence-electron chi connectivity index (χ3n) is 2.37. The number of halogens is 2. The topological polar surface area (TPSA) is 56.8 Å². The average Bonchev–Trinajstić information content (AvgIpc) is 2.39. The molecule has 0 aromatic heterocycles. The molecule has 0 saturated carbocycles. The highest BCUT2D eigenvalue weighted by Crippen LogP contribution is 2.30. The highest BCUT2D eigenvalue weighted by atomic mass is 79.9. The number of nitriles is 2. The molecule has 2 aromatic carbocycles. The Labute approximate surface area is 117 Å². The van der Waals surface area contributed by atoms with Crippen molar-refractivity contribution in [3.63, 3.8) is 0 Å². The predicted molar refractivity (Wildman–Crippen MR) is 70.0 cm³/mol. The summed E-state index contributed by atoms with van der Waals surface area (Å²) in [6.07, 6.45) is 0. The van der Waals surface area contributed by atoms with E-state index in [4.69, 9.17) is 15.3 Å². The minimum Gasteiger partial charge on any atom is -0.454 e. The molecule has 0 aliphatic heterocycles. The third kappa shape index (κ3) is 2.73. The molecule has 0 aliphatic rings. The maximum Gasteiger partial charge on any atom is 0.148 e. The Morgan fingerprint density at radius 2 is 1.84 bits per heavy atom. The van der Waals surface area contributed by atoms with E-state index in [9.17, 15) is 4.39 Å². The van der Waals surface area contributed by atoms with E-state index in [-0.39, 0.29) is 17.1 Å². The zero-order chi connectivity index (χ0) is 13.8. The molecular weight excluding hydrogens is 311 g/mol. The summed E-state index contributed by atoms with van der Waals surface area (Å²) in [7, 11) is 0. The summed E-state index contributed by atoms with van der Waals surface area (Å²) in [6, 6.07) is 12.7. The van der Waals surface area contributed by atoms with Crippen LogP contribution in [0.4, 0.5) is 4.39 Å². The van der Waals surface area contributed by atoms with Crippen LogP contribution in [0, 0.1) is 28.5 Å². The summed E-state index contributed by atoms with van der Waals surface area (Å²) in [5.41, 5.74) is 0.114. The van der Waals surface area contributed by atoms with Crippen molar-refractivity contribution in [2.24, 2.45) is 0 Å². The molecule has 2 aromatic rings. The number of benzene rings is 2. The van der Waals surface area contributed by atoms with Gasteiger partial charge in [0.15, 0.2) is 0 Å². The highest BCUT2D eigenvalue weighted by Gasteiger charge is 2.12. The fourth-order valence-corrected chi connectivity index (χ4v) is 1.83. The SMILES string of the molecule is N#Cc1ccc(Br)cc1Oc1cccc(F)c1C#N. The average molecular weight is 317 g/mol. The summed E-state index contributed by atoms with van der Waals surface area (Å²) < 4.78 is 19.6. The molecule has 2 rings (SSSR count). The van der Waals surface area contributed by atoms with Gasteiger partial charge < -0.3 is 4.74 Å². The first-order chi connectivity index (χ1) is 9.15. The molecule has 92 valence electrons. The largest absolute Gasteiger partial charge is 0.454 e. The molecule has 0 N–H and O–H groups in total. The van der Waals surface area contributed by atoms with Gasteiger partial charge in [0, 0.05) is 4.47 Å². The Morgan fingerprint density at radius 3 is 2.53 bits per heavy atom. The molecule has 0 amide bonds. The molecule has 5 heteroatoms. The Kier molecular flexibility index (Phi) is 3.79. The van der Waals surface area contributed by atoms with E-state index in [1.807, 2.05) is 6.07 Å². The molecule has 0 radical (unpaired) electrons. The van der Waals surface area contributed by atoms with Gasteiger partial charge in [0.05, 0.1) is 5.56 Å². The smallest absolute Gasteiger partial charge is 0.148 e. The molecule has 0 aliphatic carbocycles. The predicted octanol–water partition coefficient (Wildman–Crippen LogP) is 4.12. The fourth-order valence-electron chi connectivity index (χ4n) is 1.49. The standard InChI is InChI=1S/C14H6BrFN2O/c15-10-5-4-9(7-17)14(6-10)19-13-3-1-2-12(16)11(13)8-18/h1-6H. The van der Waals surface area contributed by atoms with E-state index in [2.05, 4.69) is 15.9 Å². The molecule has 0 spiro atoms. The molecule has 0 unspecified atom stereocenters. The second kappa shape index (κ2) is 5.51. The van der Waals surface area contributed by atoms with Gasteiger partial charge in [0.1, 0.15) is 35.0 Å². The van der Waals surface area contributed by atoms with Gasteiger partial charge in [-0.2, -0.15) is 10.5 Å². The van der Waals surface area contributed by atoms with Gasteiger partial charge in [0.2, 0.25) is 0 Å². The van der Waals surface area contributed by atoms with Crippen LogP contribution in [0.3, 0.4) is 0 Å². The molecule has 0 fully saturated rings. The van der Waals surface area contributed by atoms with Crippen molar-refractivity contribution < 1.29 is 9.13 Å². The molecule has 19 heavy (non-hydrogen) atoms. The second-order valence-electron chi connectivity index (χ2n) is 3.58. The molecular formula is C14H6BrFN2O. The zero-order valence-electron chi connectivity index (χ0n) is 9.52. The van der Waals surface area contributed by atoms with Gasteiger partial charge in [-0.15, -0.1) is 0 Å². The van der Waals surface area contributed by atoms with Crippen molar-refractivity contribution in [2.45, 2.75) is 0 Å². The van der Waals surface area contributed by atoms with Gasteiger partial charge in [-0.3, -0.25) is 0 Å². The van der Waals surface area contributed by atoms with E-state index in [0.29, 0.717) is 5.56 Å². The summed E-state index contributed by atoms with van der Waals surface area (Å²) >= 11 is 3.26. The lowest BCUT2D eigenvalue weighted by molar-refractivity contribution is 0.472. The van der Waals surface area contributed by atoms with Crippen LogP contribution in [0.5, 0.6) is 11.5 Å². The fraction of sp³-hybridized carbons (Fsp3) is 0. The minimum absolute atomic E-state index is 0.0806. The van der Waals surface area contributed by atoms with Crippen molar-refractivity contribution in [1.82, 2.24) is 0 Å². The first-order valence-electron chi connectivity index (χ1n) is 5.22. The van der Waals surface area contributed by atoms with Gasteiger partial charge in [-0.1, -0.05) is 22.0 Å². The Balaban J connectivity index is 2.49. The van der Waals surface area contributed by atoms with Gasteiger partial charge in [0.25, 0.3) is 0 Å². The van der Waals surface area contributed by atoms with Crippen LogP contribution in [0.1, 0.15) is 11.1 Å². The number of hydrogen-bond acceptors (Lipinski definition) is 3. The summed E-state index contributed by atoms with van der Waals surface area (Å²) in [6.45, 7) is 0. The maximum absolute atomic E-state index is 13.4. The summed E-state index contributed by atoms with van der Waals surface area (Å²) in [5, 5.41) is 17.9. The lowest BCUT2D eigenvalue weighted by Gasteiger charge is -2.09. The molecule has 0 bridgehead atoms. The number of nitrogens with zero attached hydrogens (tertiary/aromatic N) is 2. The lowest BCUT2D eigenvalue weighted by Crippen LogP contribution is -1.93. The summed E-state index contributed by atoms with van der Waals surface area (Å²) in [4.78, 5) is 0. The van der Waals surface area contributed by atoms with Crippen molar-refractivity contribution >= 4 is 15.9 Å². The van der Waals surface area contributed by atoms with Crippen molar-refractivity contribution in [3.05, 3.63) is 57.8 Å². The Hall–Kier alpha value is -2.37. The van der Waals surface area contributed by atoms with Crippen molar-refractivity contribution in [1.29, 1.82) is 10.5 Å². The van der Waals surface area contributed by atoms with Crippen LogP contribution in [0.15, 0.2) is 40.9 Å². The zero-order valence-corrected chi connectivity index (χ0v) is 11.1. The van der Waals surface area contributed by atoms with E-state index in [0.717, 1.165) is 4.47 Å². The van der Waals surface area contributed by atoms with Crippen LogP contribution >= 0.6 is 15.9 Å². The molecule has 0 saturated heterocycles. The summed E-state index contributed by atoms with van der Waals surface area (Å²) in [5.74, 6) is -0.315. The van der Waals surface area contributed by atoms with Crippen LogP contribution in [-0.2, 0) is 0 Å². The number of rotatable bonds is 2. The second-order valence-corrected chi connectivity index (χ2v) is 4.49. The van der Waals surface area contributed by atoms with E-state index in [1.54, 1.807) is 24.3 Å². The molecule has 0 heterocycles. The Morgan fingerprint density at radius 1 is 1.05 bits per heavy atom. The number of hydrogen-bond donors (Lipinski definition) is 0. The van der Waals surface area contributed by atoms with Crippen molar-refractivity contribution in [2.75, 3.05) is 0 Å². The van der Waals surface area contributed by atoms with Crippen LogP contribution in [0.25, 0.3) is 0 Å². The molecule has 3 nitrogen and oxygen atoms in total. The van der Waals surface area contributed by atoms with Gasteiger partial charge in [-0.25, -0.2) is 4.39 Å². The van der Waals surface area contributed by atoms with Gasteiger partial charge in [-0.05, 0) is 30.3 Å². The monoisotopic (exact) mass is 316 g/mol. The normalized spacial score (nSPS) is 9.47. The number of ether oxygens (including phenoxy) is 1. The van der Waals surface area contributed by atoms with Crippen LogP contribution < -0.4 is 4.74 Å². The van der Waals surface area contributed by atoms with E-state index in [1.165, 1.54) is 18.2 Å². The third-order valence-corrected chi connectivity index (χ3v) is 2.86. The maximum atomic E-state index is 13.4. The van der Waals surface area contributed by atoms with E-state index < -0.39 is 5.82 Å². The quantitative estimate of drug-likeness (QED) is 0.837. The van der Waals surface area contributed by atoms with Crippen LogP contribution in [0.2, 0.25) is 0 Å². The lowest BCUT2D eigenvalue weighted by atomic mass is 10.2. The van der Waals surface area contributed by atoms with E-state index >= 15 is 0 Å². The highest BCUT2D eigenvalue weighted by molar-refractivity contribution is 9.10. The molecule has 0 atom stereocenters. The van der Waals surface area contributed by atoms with Gasteiger partial charge >= 0.3 is 0 Å². The van der Waals surface area contributed by atoms with Crippen molar-refractivity contribution in [3.8, 4) is 23.6 Å². The first kappa shape index (κ1) is 13.1. The van der Waals surface area contributed by atoms with Crippen LogP contribution in [-0.4, -0.2) is 0 Å². The Bertz CT molecular complexity index is 716. The first-order valence-corrected chi connectivity index (χ1v) is 6.01.